The van der Waals surface area contributed by atoms with Crippen LogP contribution in [0.1, 0.15) is 30.6 Å². The lowest BCUT2D eigenvalue weighted by molar-refractivity contribution is 0.0601. The summed E-state index contributed by atoms with van der Waals surface area (Å²) < 4.78 is 9.83. The summed E-state index contributed by atoms with van der Waals surface area (Å²) in [6, 6.07) is 1.56. The summed E-state index contributed by atoms with van der Waals surface area (Å²) >= 11 is 0. The molecular formula is C14H23N3O3. The second-order valence-corrected chi connectivity index (χ2v) is 5.42. The monoisotopic (exact) mass is 281 g/mol. The van der Waals surface area contributed by atoms with E-state index in [1.807, 2.05) is 0 Å². The minimum Gasteiger partial charge on any atom is -0.465 e. The average Bonchev–Trinajstić information content (AvgIpc) is 2.43. The molecule has 1 aromatic heterocycles. The molecule has 0 aliphatic heterocycles. The standard InChI is InChI=1S/C14H23N3O3/c1-14(2,5-6-19-3)9-17-12-11(13(18)20-4)7-10(15)8-16-12/h7-8H,5-6,9,15H2,1-4H3,(H,16,17). The van der Waals surface area contributed by atoms with E-state index in [9.17, 15) is 4.79 Å². The molecule has 0 aliphatic carbocycles. The number of hydrogen-bond acceptors (Lipinski definition) is 6. The lowest BCUT2D eigenvalue weighted by Crippen LogP contribution is -2.26. The average molecular weight is 281 g/mol. The van der Waals surface area contributed by atoms with Crippen molar-refractivity contribution in [3.63, 3.8) is 0 Å². The molecule has 1 aromatic rings. The number of aromatic nitrogens is 1. The van der Waals surface area contributed by atoms with Crippen molar-refractivity contribution in [2.75, 3.05) is 38.4 Å². The van der Waals surface area contributed by atoms with E-state index in [0.717, 1.165) is 6.42 Å². The van der Waals surface area contributed by atoms with Gasteiger partial charge in [-0.2, -0.15) is 0 Å². The minimum absolute atomic E-state index is 0.0203. The summed E-state index contributed by atoms with van der Waals surface area (Å²) in [5.41, 5.74) is 6.44. The van der Waals surface area contributed by atoms with Gasteiger partial charge in [0.1, 0.15) is 11.4 Å². The summed E-state index contributed by atoms with van der Waals surface area (Å²) in [4.78, 5) is 15.9. The Morgan fingerprint density at radius 1 is 1.45 bits per heavy atom. The van der Waals surface area contributed by atoms with Crippen LogP contribution in [0.25, 0.3) is 0 Å². The first-order valence-corrected chi connectivity index (χ1v) is 6.46. The third kappa shape index (κ3) is 4.70. The molecule has 0 amide bonds. The van der Waals surface area contributed by atoms with Crippen LogP contribution in [0.4, 0.5) is 11.5 Å². The highest BCUT2D eigenvalue weighted by Crippen LogP contribution is 2.23. The number of carbonyl (C=O) groups excluding carboxylic acids is 1. The zero-order valence-corrected chi connectivity index (χ0v) is 12.5. The summed E-state index contributed by atoms with van der Waals surface area (Å²) in [6.45, 7) is 5.59. The fraction of sp³-hybridized carbons (Fsp3) is 0.571. The molecule has 1 heterocycles. The molecule has 0 aromatic carbocycles. The van der Waals surface area contributed by atoms with Crippen LogP contribution in [-0.2, 0) is 9.47 Å². The Morgan fingerprint density at radius 3 is 2.75 bits per heavy atom. The number of methoxy groups -OCH3 is 2. The van der Waals surface area contributed by atoms with Gasteiger partial charge in [-0.1, -0.05) is 13.8 Å². The fourth-order valence-corrected chi connectivity index (χ4v) is 1.68. The van der Waals surface area contributed by atoms with Gasteiger partial charge in [-0.05, 0) is 17.9 Å². The molecule has 6 nitrogen and oxygen atoms in total. The lowest BCUT2D eigenvalue weighted by Gasteiger charge is -2.25. The predicted octanol–water partition coefficient (Wildman–Crippen LogP) is 1.93. The molecule has 0 bridgehead atoms. The van der Waals surface area contributed by atoms with Gasteiger partial charge in [0.15, 0.2) is 0 Å². The van der Waals surface area contributed by atoms with E-state index in [4.69, 9.17) is 15.2 Å². The molecule has 3 N–H and O–H groups in total. The second kappa shape index (κ2) is 7.09. The molecule has 0 radical (unpaired) electrons. The lowest BCUT2D eigenvalue weighted by atomic mass is 9.89. The molecule has 0 fully saturated rings. The minimum atomic E-state index is -0.456. The number of rotatable bonds is 7. The van der Waals surface area contributed by atoms with Crippen LogP contribution in [-0.4, -0.2) is 38.3 Å². The fourth-order valence-electron chi connectivity index (χ4n) is 1.68. The molecule has 0 unspecified atom stereocenters. The molecule has 0 atom stereocenters. The topological polar surface area (TPSA) is 86.5 Å². The molecule has 0 saturated carbocycles. The largest absolute Gasteiger partial charge is 0.465 e. The van der Waals surface area contributed by atoms with Gasteiger partial charge in [0.05, 0.1) is 19.0 Å². The number of nitrogens with two attached hydrogens (primary N) is 1. The highest BCUT2D eigenvalue weighted by atomic mass is 16.5. The van der Waals surface area contributed by atoms with E-state index in [-0.39, 0.29) is 5.41 Å². The molecule has 6 heteroatoms. The Labute approximate surface area is 119 Å². The smallest absolute Gasteiger partial charge is 0.341 e. The van der Waals surface area contributed by atoms with Crippen molar-refractivity contribution in [3.8, 4) is 0 Å². The molecule has 0 spiro atoms. The molecular weight excluding hydrogens is 258 g/mol. The molecule has 0 saturated heterocycles. The van der Waals surface area contributed by atoms with Crippen LogP contribution < -0.4 is 11.1 Å². The molecule has 0 aliphatic rings. The zero-order chi connectivity index (χ0) is 15.2. The van der Waals surface area contributed by atoms with Crippen molar-refractivity contribution < 1.29 is 14.3 Å². The van der Waals surface area contributed by atoms with Crippen LogP contribution in [0.15, 0.2) is 12.3 Å². The van der Waals surface area contributed by atoms with E-state index >= 15 is 0 Å². The van der Waals surface area contributed by atoms with Gasteiger partial charge in [0, 0.05) is 20.3 Å². The third-order valence-corrected chi connectivity index (χ3v) is 3.03. The third-order valence-electron chi connectivity index (χ3n) is 3.03. The predicted molar refractivity (Wildman–Crippen MR) is 78.8 cm³/mol. The number of pyridine rings is 1. The Morgan fingerprint density at radius 2 is 2.15 bits per heavy atom. The maximum Gasteiger partial charge on any atom is 0.341 e. The van der Waals surface area contributed by atoms with Crippen molar-refractivity contribution in [2.24, 2.45) is 5.41 Å². The number of esters is 1. The number of hydrogen-bond donors (Lipinski definition) is 2. The van der Waals surface area contributed by atoms with Gasteiger partial charge in [-0.3, -0.25) is 0 Å². The Balaban J connectivity index is 2.79. The quantitative estimate of drug-likeness (QED) is 0.743. The maximum absolute atomic E-state index is 11.7. The Bertz CT molecular complexity index is 461. The first-order valence-electron chi connectivity index (χ1n) is 6.46. The van der Waals surface area contributed by atoms with Gasteiger partial charge < -0.3 is 20.5 Å². The van der Waals surface area contributed by atoms with Gasteiger partial charge in [0.25, 0.3) is 0 Å². The second-order valence-electron chi connectivity index (χ2n) is 5.42. The number of carbonyl (C=O) groups is 1. The number of nitrogen functional groups attached to an aromatic ring is 1. The first kappa shape index (κ1) is 16.2. The summed E-state index contributed by atoms with van der Waals surface area (Å²) in [5, 5.41) is 3.18. The number of ether oxygens (including phenoxy) is 2. The van der Waals surface area contributed by atoms with Gasteiger partial charge in [-0.15, -0.1) is 0 Å². The van der Waals surface area contributed by atoms with E-state index in [0.29, 0.717) is 30.2 Å². The van der Waals surface area contributed by atoms with Crippen LogP contribution in [0, 0.1) is 5.41 Å². The first-order chi connectivity index (χ1) is 9.39. The summed E-state index contributed by atoms with van der Waals surface area (Å²) in [7, 11) is 3.01. The normalized spacial score (nSPS) is 11.2. The van der Waals surface area contributed by atoms with E-state index in [1.165, 1.54) is 13.3 Å². The van der Waals surface area contributed by atoms with Gasteiger partial charge >= 0.3 is 5.97 Å². The van der Waals surface area contributed by atoms with Crippen molar-refractivity contribution in [1.29, 1.82) is 0 Å². The van der Waals surface area contributed by atoms with E-state index in [2.05, 4.69) is 24.1 Å². The zero-order valence-electron chi connectivity index (χ0n) is 12.5. The number of nitrogens with zero attached hydrogens (tertiary/aromatic N) is 1. The van der Waals surface area contributed by atoms with Crippen molar-refractivity contribution >= 4 is 17.5 Å². The Kier molecular flexibility index (Phi) is 5.76. The molecule has 112 valence electrons. The van der Waals surface area contributed by atoms with Crippen LogP contribution >= 0.6 is 0 Å². The molecule has 20 heavy (non-hydrogen) atoms. The molecule has 1 rings (SSSR count). The Hall–Kier alpha value is -1.82. The van der Waals surface area contributed by atoms with Crippen molar-refractivity contribution in [3.05, 3.63) is 17.8 Å². The van der Waals surface area contributed by atoms with Gasteiger partial charge in [0.2, 0.25) is 0 Å². The van der Waals surface area contributed by atoms with Crippen LogP contribution in [0.3, 0.4) is 0 Å². The highest BCUT2D eigenvalue weighted by molar-refractivity contribution is 5.95. The summed E-state index contributed by atoms with van der Waals surface area (Å²) in [6.07, 6.45) is 2.41. The van der Waals surface area contributed by atoms with Crippen LogP contribution in [0.2, 0.25) is 0 Å². The van der Waals surface area contributed by atoms with Gasteiger partial charge in [-0.25, -0.2) is 9.78 Å². The summed E-state index contributed by atoms with van der Waals surface area (Å²) in [5.74, 6) is 0.0264. The SMILES string of the molecule is COCCC(C)(C)CNc1ncc(N)cc1C(=O)OC. The van der Waals surface area contributed by atoms with Crippen molar-refractivity contribution in [1.82, 2.24) is 4.98 Å². The maximum atomic E-state index is 11.7. The van der Waals surface area contributed by atoms with E-state index < -0.39 is 5.97 Å². The van der Waals surface area contributed by atoms with Crippen molar-refractivity contribution in [2.45, 2.75) is 20.3 Å². The number of nitrogens with one attached hydrogen (secondary N) is 1. The van der Waals surface area contributed by atoms with E-state index in [1.54, 1.807) is 13.2 Å². The van der Waals surface area contributed by atoms with Crippen LogP contribution in [0.5, 0.6) is 0 Å². The highest BCUT2D eigenvalue weighted by Gasteiger charge is 2.20. The number of anilines is 2.